The van der Waals surface area contributed by atoms with Crippen molar-refractivity contribution in [1.82, 2.24) is 4.90 Å². The molecule has 0 saturated carbocycles. The fourth-order valence-corrected chi connectivity index (χ4v) is 2.29. The van der Waals surface area contributed by atoms with Gasteiger partial charge in [-0.05, 0) is 18.6 Å². The molecule has 2 heterocycles. The van der Waals surface area contributed by atoms with Gasteiger partial charge in [-0.2, -0.15) is 0 Å². The second-order valence-electron chi connectivity index (χ2n) is 4.41. The van der Waals surface area contributed by atoms with Crippen molar-refractivity contribution in [2.75, 3.05) is 32.8 Å². The minimum absolute atomic E-state index is 0.192. The van der Waals surface area contributed by atoms with E-state index in [-0.39, 0.29) is 6.04 Å². The molecule has 2 N–H and O–H groups in total. The highest BCUT2D eigenvalue weighted by Crippen LogP contribution is 2.23. The molecule has 17 heavy (non-hydrogen) atoms. The quantitative estimate of drug-likeness (QED) is 0.865. The van der Waals surface area contributed by atoms with Crippen LogP contribution >= 0.6 is 0 Å². The first kappa shape index (κ1) is 12.6. The third kappa shape index (κ3) is 3.09. The number of ether oxygens (including phenoxy) is 1. The van der Waals surface area contributed by atoms with Crippen molar-refractivity contribution < 1.29 is 9.15 Å². The molecule has 4 nitrogen and oxygen atoms in total. The van der Waals surface area contributed by atoms with Crippen LogP contribution in [0, 0.1) is 0 Å². The monoisotopic (exact) mass is 238 g/mol. The topological polar surface area (TPSA) is 51.6 Å². The summed E-state index contributed by atoms with van der Waals surface area (Å²) in [7, 11) is 0. The lowest BCUT2D eigenvalue weighted by Crippen LogP contribution is -2.35. The van der Waals surface area contributed by atoms with Crippen LogP contribution in [0.1, 0.15) is 30.9 Å². The zero-order valence-corrected chi connectivity index (χ0v) is 10.5. The van der Waals surface area contributed by atoms with Gasteiger partial charge >= 0.3 is 0 Å². The summed E-state index contributed by atoms with van der Waals surface area (Å²) in [4.78, 5) is 2.37. The van der Waals surface area contributed by atoms with Crippen molar-refractivity contribution in [2.45, 2.75) is 25.8 Å². The largest absolute Gasteiger partial charge is 0.464 e. The summed E-state index contributed by atoms with van der Waals surface area (Å²) in [5, 5.41) is 0. The van der Waals surface area contributed by atoms with Crippen LogP contribution in [0.25, 0.3) is 0 Å². The van der Waals surface area contributed by atoms with Gasteiger partial charge in [0, 0.05) is 32.7 Å². The van der Waals surface area contributed by atoms with Crippen molar-refractivity contribution in [3.05, 3.63) is 23.7 Å². The van der Waals surface area contributed by atoms with E-state index in [1.165, 1.54) is 0 Å². The Bertz CT molecular complexity index is 330. The summed E-state index contributed by atoms with van der Waals surface area (Å²) in [6, 6.07) is 4.30. The predicted molar refractivity (Wildman–Crippen MR) is 66.9 cm³/mol. The summed E-state index contributed by atoms with van der Waals surface area (Å²) in [6.07, 6.45) is 2.00. The van der Waals surface area contributed by atoms with E-state index >= 15 is 0 Å². The number of hydrogen-bond acceptors (Lipinski definition) is 4. The summed E-state index contributed by atoms with van der Waals surface area (Å²) < 4.78 is 11.3. The van der Waals surface area contributed by atoms with Crippen molar-refractivity contribution in [3.8, 4) is 0 Å². The molecule has 1 atom stereocenters. The first-order valence-electron chi connectivity index (χ1n) is 6.45. The van der Waals surface area contributed by atoms with Gasteiger partial charge in [-0.15, -0.1) is 0 Å². The first-order chi connectivity index (χ1) is 8.35. The third-order valence-electron chi connectivity index (χ3n) is 3.28. The molecule has 96 valence electrons. The lowest BCUT2D eigenvalue weighted by Gasteiger charge is -2.27. The summed E-state index contributed by atoms with van der Waals surface area (Å²) >= 11 is 0. The van der Waals surface area contributed by atoms with Crippen molar-refractivity contribution in [1.29, 1.82) is 0 Å². The zero-order valence-electron chi connectivity index (χ0n) is 10.5. The Morgan fingerprint density at radius 1 is 1.35 bits per heavy atom. The van der Waals surface area contributed by atoms with Crippen molar-refractivity contribution in [2.24, 2.45) is 5.73 Å². The van der Waals surface area contributed by atoms with Gasteiger partial charge in [-0.3, -0.25) is 4.90 Å². The van der Waals surface area contributed by atoms with E-state index in [0.29, 0.717) is 6.54 Å². The van der Waals surface area contributed by atoms with Crippen LogP contribution in [0.3, 0.4) is 0 Å². The van der Waals surface area contributed by atoms with E-state index in [1.807, 2.05) is 6.07 Å². The lowest BCUT2D eigenvalue weighted by molar-refractivity contribution is 0.128. The second kappa shape index (κ2) is 6.19. The Morgan fingerprint density at radius 2 is 2.24 bits per heavy atom. The van der Waals surface area contributed by atoms with E-state index in [1.54, 1.807) is 0 Å². The molecule has 1 unspecified atom stereocenters. The van der Waals surface area contributed by atoms with Crippen molar-refractivity contribution >= 4 is 0 Å². The van der Waals surface area contributed by atoms with E-state index in [0.717, 1.165) is 50.7 Å². The number of hydrogen-bond donors (Lipinski definition) is 1. The molecule has 0 amide bonds. The van der Waals surface area contributed by atoms with Gasteiger partial charge in [0.2, 0.25) is 0 Å². The summed E-state index contributed by atoms with van der Waals surface area (Å²) in [6.45, 7) is 6.30. The minimum atomic E-state index is 0.192. The van der Waals surface area contributed by atoms with E-state index in [9.17, 15) is 0 Å². The zero-order chi connectivity index (χ0) is 12.1. The molecule has 1 fully saturated rings. The average Bonchev–Trinajstić information content (AvgIpc) is 2.66. The molecule has 1 aromatic heterocycles. The smallest absolute Gasteiger partial charge is 0.122 e. The highest BCUT2D eigenvalue weighted by Gasteiger charge is 2.22. The van der Waals surface area contributed by atoms with Gasteiger partial charge in [0.05, 0.1) is 12.6 Å². The Morgan fingerprint density at radius 3 is 2.94 bits per heavy atom. The Hall–Kier alpha value is -0.840. The fraction of sp³-hybridized carbons (Fsp3) is 0.692. The maximum Gasteiger partial charge on any atom is 0.122 e. The van der Waals surface area contributed by atoms with E-state index in [4.69, 9.17) is 14.9 Å². The number of nitrogens with zero attached hydrogens (tertiary/aromatic N) is 1. The maximum absolute atomic E-state index is 5.89. The molecule has 0 spiro atoms. The first-order valence-corrected chi connectivity index (χ1v) is 6.45. The minimum Gasteiger partial charge on any atom is -0.464 e. The summed E-state index contributed by atoms with van der Waals surface area (Å²) in [5.41, 5.74) is 5.89. The van der Waals surface area contributed by atoms with Gasteiger partial charge in [0.25, 0.3) is 0 Å². The van der Waals surface area contributed by atoms with Gasteiger partial charge in [0.1, 0.15) is 11.5 Å². The number of furan rings is 1. The average molecular weight is 238 g/mol. The fourth-order valence-electron chi connectivity index (χ4n) is 2.29. The Kier molecular flexibility index (Phi) is 4.59. The molecular weight excluding hydrogens is 216 g/mol. The van der Waals surface area contributed by atoms with E-state index in [2.05, 4.69) is 17.9 Å². The molecular formula is C13H22N2O2. The maximum atomic E-state index is 5.89. The molecule has 1 aromatic rings. The summed E-state index contributed by atoms with van der Waals surface area (Å²) in [5.74, 6) is 2.02. The predicted octanol–water partition coefficient (Wildman–Crippen LogP) is 1.56. The van der Waals surface area contributed by atoms with Crippen LogP contribution < -0.4 is 5.73 Å². The van der Waals surface area contributed by atoms with Crippen LogP contribution in [0.5, 0.6) is 0 Å². The van der Waals surface area contributed by atoms with Crippen LogP contribution in [-0.4, -0.2) is 37.7 Å². The molecule has 2 rings (SSSR count). The van der Waals surface area contributed by atoms with Crippen molar-refractivity contribution in [3.63, 3.8) is 0 Å². The standard InChI is InChI=1S/C13H22N2O2/c1-2-11-4-5-13(17-11)12(10-14)15-6-3-8-16-9-7-15/h4-5,12H,2-3,6-10,14H2,1H3. The number of aryl methyl sites for hydroxylation is 1. The molecule has 1 saturated heterocycles. The van der Waals surface area contributed by atoms with Gasteiger partial charge < -0.3 is 14.9 Å². The lowest BCUT2D eigenvalue weighted by atomic mass is 10.2. The van der Waals surface area contributed by atoms with Crippen LogP contribution in [0.4, 0.5) is 0 Å². The molecule has 0 bridgehead atoms. The normalized spacial score (nSPS) is 20.1. The van der Waals surface area contributed by atoms with Gasteiger partial charge in [-0.1, -0.05) is 6.92 Å². The van der Waals surface area contributed by atoms with Gasteiger partial charge in [-0.25, -0.2) is 0 Å². The van der Waals surface area contributed by atoms with Crippen LogP contribution in [0.2, 0.25) is 0 Å². The highest BCUT2D eigenvalue weighted by molar-refractivity contribution is 5.11. The second-order valence-corrected chi connectivity index (χ2v) is 4.41. The molecule has 0 aliphatic carbocycles. The Balaban J connectivity index is 2.08. The van der Waals surface area contributed by atoms with Crippen LogP contribution in [0.15, 0.2) is 16.5 Å². The van der Waals surface area contributed by atoms with Gasteiger partial charge in [0.15, 0.2) is 0 Å². The molecule has 1 aliphatic rings. The van der Waals surface area contributed by atoms with Crippen LogP contribution in [-0.2, 0) is 11.2 Å². The Labute approximate surface area is 103 Å². The molecule has 1 aliphatic heterocycles. The SMILES string of the molecule is CCc1ccc(C(CN)N2CCCOCC2)o1. The van der Waals surface area contributed by atoms with E-state index < -0.39 is 0 Å². The molecule has 4 heteroatoms. The number of nitrogens with two attached hydrogens (primary N) is 1. The number of rotatable bonds is 4. The molecule has 0 radical (unpaired) electrons. The molecule has 0 aromatic carbocycles. The highest BCUT2D eigenvalue weighted by atomic mass is 16.5. The third-order valence-corrected chi connectivity index (χ3v) is 3.28.